The van der Waals surface area contributed by atoms with Gasteiger partial charge in [0, 0.05) is 0 Å². The predicted molar refractivity (Wildman–Crippen MR) is 99.8 cm³/mol. The summed E-state index contributed by atoms with van der Waals surface area (Å²) in [6.07, 6.45) is -24.1. The Kier molecular flexibility index (Phi) is 8.99. The lowest BCUT2D eigenvalue weighted by Gasteiger charge is -2.48. The molecule has 3 aliphatic rings. The van der Waals surface area contributed by atoms with Crippen LogP contribution < -0.4 is 0 Å². The standard InChI is InChI=1S/C18H32O15/c1-4-7(21)9(23)11(25)17(29-4)32-14-6(3-20)30-16(28)13(27)15(14)33-18-12(26)10(24)8(22)5(2-19)31-18/h4-28H,2-3H2,1H3/t4-,5+,6+,7+,8+,9+,10-,11-,12+,13+,14-,15+,16-,17-,18-/m0/s1. The number of hydrogen-bond acceptors (Lipinski definition) is 15. The van der Waals surface area contributed by atoms with E-state index in [0.29, 0.717) is 0 Å². The summed E-state index contributed by atoms with van der Waals surface area (Å²) in [5.74, 6) is 0. The molecule has 0 unspecified atom stereocenters. The molecule has 3 fully saturated rings. The summed E-state index contributed by atoms with van der Waals surface area (Å²) in [6, 6.07) is 0. The van der Waals surface area contributed by atoms with Crippen molar-refractivity contribution >= 4 is 0 Å². The highest BCUT2D eigenvalue weighted by molar-refractivity contribution is 4.96. The Morgan fingerprint density at radius 2 is 1.06 bits per heavy atom. The molecule has 0 aromatic carbocycles. The van der Waals surface area contributed by atoms with Crippen LogP contribution in [0.4, 0.5) is 0 Å². The van der Waals surface area contributed by atoms with Gasteiger partial charge in [0.05, 0.1) is 19.3 Å². The lowest BCUT2D eigenvalue weighted by atomic mass is 9.96. The summed E-state index contributed by atoms with van der Waals surface area (Å²) in [5, 5.41) is 99.8. The van der Waals surface area contributed by atoms with Crippen molar-refractivity contribution in [1.29, 1.82) is 0 Å². The van der Waals surface area contributed by atoms with Gasteiger partial charge >= 0.3 is 0 Å². The van der Waals surface area contributed by atoms with Crippen LogP contribution >= 0.6 is 0 Å². The molecular formula is C18H32O15. The van der Waals surface area contributed by atoms with E-state index in [1.54, 1.807) is 0 Å². The van der Waals surface area contributed by atoms with Crippen LogP contribution in [-0.2, 0) is 23.7 Å². The molecule has 15 heteroatoms. The number of rotatable bonds is 6. The van der Waals surface area contributed by atoms with E-state index in [9.17, 15) is 51.1 Å². The van der Waals surface area contributed by atoms with Crippen molar-refractivity contribution in [1.82, 2.24) is 0 Å². The maximum Gasteiger partial charge on any atom is 0.187 e. The summed E-state index contributed by atoms with van der Waals surface area (Å²) in [6.45, 7) is -0.118. The Balaban J connectivity index is 1.83. The largest absolute Gasteiger partial charge is 0.394 e. The van der Waals surface area contributed by atoms with Crippen molar-refractivity contribution in [3.63, 3.8) is 0 Å². The highest BCUT2D eigenvalue weighted by Gasteiger charge is 2.53. The summed E-state index contributed by atoms with van der Waals surface area (Å²) < 4.78 is 26.9. The number of ether oxygens (including phenoxy) is 5. The van der Waals surface area contributed by atoms with Crippen LogP contribution in [0.3, 0.4) is 0 Å². The second kappa shape index (κ2) is 11.0. The van der Waals surface area contributed by atoms with E-state index in [1.165, 1.54) is 6.92 Å². The van der Waals surface area contributed by atoms with Crippen LogP contribution in [0.1, 0.15) is 6.92 Å². The van der Waals surface area contributed by atoms with Crippen LogP contribution in [0.25, 0.3) is 0 Å². The molecule has 0 aromatic heterocycles. The highest BCUT2D eigenvalue weighted by atomic mass is 16.8. The second-order valence-electron chi connectivity index (χ2n) is 8.32. The van der Waals surface area contributed by atoms with E-state index in [2.05, 4.69) is 0 Å². The van der Waals surface area contributed by atoms with Gasteiger partial charge in [-0.15, -0.1) is 0 Å². The SMILES string of the molecule is C[C@@H]1O[C@@H](O[C@@H]2[C@H](O[C@@H]3O[C@H](CO)[C@@H](O)[C@H](O)[C@H]3O)[C@@H](O)[C@@H](O)O[C@@H]2CO)[C@@H](O)[C@H](O)[C@@H]1O. The lowest BCUT2D eigenvalue weighted by molar-refractivity contribution is -0.382. The van der Waals surface area contributed by atoms with Crippen LogP contribution in [0.2, 0.25) is 0 Å². The average molecular weight is 488 g/mol. The topological polar surface area (TPSA) is 248 Å². The van der Waals surface area contributed by atoms with Gasteiger partial charge in [-0.25, -0.2) is 0 Å². The molecular weight excluding hydrogens is 456 g/mol. The zero-order chi connectivity index (χ0) is 24.6. The molecule has 3 aliphatic heterocycles. The molecule has 3 rings (SSSR count). The first-order chi connectivity index (χ1) is 15.5. The second-order valence-corrected chi connectivity index (χ2v) is 8.32. The third kappa shape index (κ3) is 5.32. The zero-order valence-electron chi connectivity index (χ0n) is 17.6. The monoisotopic (exact) mass is 488 g/mol. The predicted octanol–water partition coefficient (Wildman–Crippen LogP) is -6.55. The molecule has 15 atom stereocenters. The highest BCUT2D eigenvalue weighted by Crippen LogP contribution is 2.32. The van der Waals surface area contributed by atoms with Crippen molar-refractivity contribution in [2.45, 2.75) is 99.0 Å². The molecule has 0 radical (unpaired) electrons. The molecule has 15 nitrogen and oxygen atoms in total. The van der Waals surface area contributed by atoms with Gasteiger partial charge in [-0.1, -0.05) is 0 Å². The fourth-order valence-corrected chi connectivity index (χ4v) is 3.99. The molecule has 3 heterocycles. The van der Waals surface area contributed by atoms with Crippen molar-refractivity contribution in [2.75, 3.05) is 13.2 Å². The minimum Gasteiger partial charge on any atom is -0.394 e. The number of hydrogen-bond donors (Lipinski definition) is 10. The van der Waals surface area contributed by atoms with Crippen molar-refractivity contribution in [3.8, 4) is 0 Å². The summed E-state index contributed by atoms with van der Waals surface area (Å²) in [4.78, 5) is 0. The third-order valence-corrected chi connectivity index (χ3v) is 6.05. The molecule has 10 N–H and O–H groups in total. The average Bonchev–Trinajstić information content (AvgIpc) is 2.80. The normalized spacial score (nSPS) is 53.7. The van der Waals surface area contributed by atoms with Crippen molar-refractivity contribution in [2.24, 2.45) is 0 Å². The van der Waals surface area contributed by atoms with Gasteiger partial charge in [-0.3, -0.25) is 0 Å². The van der Waals surface area contributed by atoms with E-state index in [4.69, 9.17) is 23.7 Å². The lowest BCUT2D eigenvalue weighted by Crippen LogP contribution is -2.66. The van der Waals surface area contributed by atoms with E-state index < -0.39 is 105 Å². The Morgan fingerprint density at radius 1 is 0.545 bits per heavy atom. The van der Waals surface area contributed by atoms with E-state index >= 15 is 0 Å². The Hall–Kier alpha value is -0.600. The smallest absolute Gasteiger partial charge is 0.187 e. The molecule has 3 saturated heterocycles. The van der Waals surface area contributed by atoms with Crippen molar-refractivity contribution < 1.29 is 74.7 Å². The van der Waals surface area contributed by atoms with Crippen LogP contribution in [0.5, 0.6) is 0 Å². The summed E-state index contributed by atoms with van der Waals surface area (Å²) in [7, 11) is 0. The molecule has 0 saturated carbocycles. The fraction of sp³-hybridized carbons (Fsp3) is 1.00. The van der Waals surface area contributed by atoms with E-state index in [-0.39, 0.29) is 0 Å². The Labute approximate surface area is 187 Å². The quantitative estimate of drug-likeness (QED) is 0.167. The van der Waals surface area contributed by atoms with Gasteiger partial charge in [-0.05, 0) is 6.92 Å². The Bertz CT molecular complexity index is 624. The molecule has 0 bridgehead atoms. The summed E-state index contributed by atoms with van der Waals surface area (Å²) in [5.41, 5.74) is 0. The number of aliphatic hydroxyl groups excluding tert-OH is 10. The summed E-state index contributed by atoms with van der Waals surface area (Å²) >= 11 is 0. The molecule has 0 aromatic rings. The van der Waals surface area contributed by atoms with Crippen LogP contribution in [0.15, 0.2) is 0 Å². The van der Waals surface area contributed by atoms with Gasteiger partial charge in [0.2, 0.25) is 0 Å². The Morgan fingerprint density at radius 3 is 1.64 bits per heavy atom. The molecule has 194 valence electrons. The molecule has 0 amide bonds. The maximum absolute atomic E-state index is 10.5. The maximum atomic E-state index is 10.5. The fourth-order valence-electron chi connectivity index (χ4n) is 3.99. The van der Waals surface area contributed by atoms with Crippen molar-refractivity contribution in [3.05, 3.63) is 0 Å². The van der Waals surface area contributed by atoms with Crippen LogP contribution in [0, 0.1) is 0 Å². The van der Waals surface area contributed by atoms with Gasteiger partial charge < -0.3 is 74.7 Å². The molecule has 0 spiro atoms. The van der Waals surface area contributed by atoms with Gasteiger partial charge in [0.25, 0.3) is 0 Å². The minimum atomic E-state index is -1.89. The van der Waals surface area contributed by atoms with Gasteiger partial charge in [-0.2, -0.15) is 0 Å². The first-order valence-electron chi connectivity index (χ1n) is 10.4. The van der Waals surface area contributed by atoms with Crippen LogP contribution in [-0.4, -0.2) is 156 Å². The first kappa shape index (κ1) is 27.0. The van der Waals surface area contributed by atoms with Gasteiger partial charge in [0.1, 0.15) is 67.1 Å². The third-order valence-electron chi connectivity index (χ3n) is 6.05. The van der Waals surface area contributed by atoms with Gasteiger partial charge in [0.15, 0.2) is 18.9 Å². The minimum absolute atomic E-state index is 0.747. The van der Waals surface area contributed by atoms with E-state index in [0.717, 1.165) is 0 Å². The first-order valence-corrected chi connectivity index (χ1v) is 10.4. The molecule has 33 heavy (non-hydrogen) atoms. The zero-order valence-corrected chi connectivity index (χ0v) is 17.6. The molecule has 0 aliphatic carbocycles. The number of aliphatic hydroxyl groups is 10. The van der Waals surface area contributed by atoms with E-state index in [1.807, 2.05) is 0 Å².